The molecule has 0 heterocycles. The van der Waals surface area contributed by atoms with Crippen LogP contribution < -0.4 is 43.4 Å². The summed E-state index contributed by atoms with van der Waals surface area (Å²) in [5.74, 6) is -8.28. The van der Waals surface area contributed by atoms with Crippen LogP contribution in [0.15, 0.2) is 0 Å². The summed E-state index contributed by atoms with van der Waals surface area (Å²) in [5.41, 5.74) is 10.7. The predicted molar refractivity (Wildman–Crippen MR) is 179 cm³/mol. The van der Waals surface area contributed by atoms with Crippen LogP contribution in [0.1, 0.15) is 72.1 Å². The summed E-state index contributed by atoms with van der Waals surface area (Å²) in [6, 6.07) is -9.85. The highest BCUT2D eigenvalue weighted by Crippen LogP contribution is 2.27. The van der Waals surface area contributed by atoms with E-state index in [0.717, 1.165) is 6.42 Å². The Kier molecular flexibility index (Phi) is 19.6. The van der Waals surface area contributed by atoms with Gasteiger partial charge in [0, 0.05) is 6.42 Å². The number of primary amides is 1. The highest BCUT2D eigenvalue weighted by molar-refractivity contribution is 5.97. The number of aliphatic hydroxyl groups excluding tert-OH is 3. The summed E-state index contributed by atoms with van der Waals surface area (Å²) >= 11 is 0. The average Bonchev–Trinajstić information content (AvgIpc) is 3.08. The van der Waals surface area contributed by atoms with E-state index in [0.29, 0.717) is 25.7 Å². The Hall–Kier alpha value is -4.40. The van der Waals surface area contributed by atoms with E-state index in [4.69, 9.17) is 16.6 Å². The minimum atomic E-state index is -1.63. The van der Waals surface area contributed by atoms with Gasteiger partial charge in [0.2, 0.25) is 41.4 Å². The van der Waals surface area contributed by atoms with Crippen molar-refractivity contribution in [2.45, 2.75) is 114 Å². The average molecular weight is 731 g/mol. The SMILES string of the molecule is CC(C)C[C@H](NC(=O)[C@H](CO)NC(=O)[C@H](CCC(N)=O)NC(=O)[C@@H](NC(=O)[C@H](CO)NC(=O)[C@H](C)NC(=O)[C@@H](N)CO)C1CCCCC1)C(=O)O. The molecule has 1 fully saturated rings. The molecule has 1 rings (SSSR count). The van der Waals surface area contributed by atoms with Crippen LogP contribution in [0.5, 0.6) is 0 Å². The molecule has 0 aliphatic heterocycles. The highest BCUT2D eigenvalue weighted by Gasteiger charge is 2.36. The van der Waals surface area contributed by atoms with Gasteiger partial charge in [-0.25, -0.2) is 4.79 Å². The molecule has 0 saturated heterocycles. The fraction of sp³-hybridized carbons (Fsp3) is 0.742. The molecule has 1 saturated carbocycles. The molecule has 290 valence electrons. The molecule has 20 heteroatoms. The highest BCUT2D eigenvalue weighted by atomic mass is 16.4. The smallest absolute Gasteiger partial charge is 0.326 e. The van der Waals surface area contributed by atoms with Gasteiger partial charge in [0.05, 0.1) is 19.8 Å². The third-order valence-corrected chi connectivity index (χ3v) is 8.25. The first-order valence-electron chi connectivity index (χ1n) is 16.9. The molecule has 0 radical (unpaired) electrons. The maximum atomic E-state index is 13.8. The normalized spacial score (nSPS) is 17.3. The summed E-state index contributed by atoms with van der Waals surface area (Å²) < 4.78 is 0. The molecule has 0 aromatic heterocycles. The summed E-state index contributed by atoms with van der Waals surface area (Å²) in [5, 5.41) is 52.3. The lowest BCUT2D eigenvalue weighted by Gasteiger charge is -2.32. The first kappa shape index (κ1) is 44.6. The third-order valence-electron chi connectivity index (χ3n) is 8.25. The van der Waals surface area contributed by atoms with Gasteiger partial charge in [-0.2, -0.15) is 0 Å². The standard InChI is InChI=1S/C31H54N8O12/c1-15(2)11-20(31(50)51)36-28(47)21(13-41)38-27(46)19(9-10-23(33)43)35-30(49)24(17-7-5-4-6-8-17)39-29(48)22(14-42)37-25(44)16(3)34-26(45)18(32)12-40/h15-22,24,40-42H,4-14,32H2,1-3H3,(H2,33,43)(H,34,45)(H,35,49)(H,36,47)(H,37,44)(H,38,46)(H,39,48)(H,50,51)/t16-,18-,19-,20-,21-,22-,24-/m0/s1. The second-order valence-electron chi connectivity index (χ2n) is 13.0. The topological polar surface area (TPSA) is 342 Å². The zero-order chi connectivity index (χ0) is 38.8. The molecule has 0 aromatic carbocycles. The van der Waals surface area contributed by atoms with Gasteiger partial charge in [-0.1, -0.05) is 33.1 Å². The lowest BCUT2D eigenvalue weighted by molar-refractivity contribution is -0.143. The number of aliphatic carboxylic acids is 1. The van der Waals surface area contributed by atoms with Crippen molar-refractivity contribution < 1.29 is 58.8 Å². The van der Waals surface area contributed by atoms with Crippen molar-refractivity contribution in [2.75, 3.05) is 19.8 Å². The lowest BCUT2D eigenvalue weighted by Crippen LogP contribution is -2.61. The number of carboxylic acid groups (broad SMARTS) is 1. The van der Waals surface area contributed by atoms with Crippen LogP contribution in [0.3, 0.4) is 0 Å². The molecule has 20 nitrogen and oxygen atoms in total. The third kappa shape index (κ3) is 15.6. The second kappa shape index (κ2) is 22.4. The zero-order valence-corrected chi connectivity index (χ0v) is 29.2. The Labute approximate surface area is 295 Å². The largest absolute Gasteiger partial charge is 0.480 e. The maximum Gasteiger partial charge on any atom is 0.326 e. The molecule has 0 bridgehead atoms. The van der Waals surface area contributed by atoms with Crippen molar-refractivity contribution in [3.63, 3.8) is 0 Å². The van der Waals surface area contributed by atoms with Crippen LogP contribution in [0, 0.1) is 11.8 Å². The number of hydrogen-bond acceptors (Lipinski definition) is 12. The molecule has 7 atom stereocenters. The summed E-state index contributed by atoms with van der Waals surface area (Å²) in [6.45, 7) is 2.24. The van der Waals surface area contributed by atoms with Crippen molar-refractivity contribution in [1.29, 1.82) is 0 Å². The van der Waals surface area contributed by atoms with Crippen molar-refractivity contribution in [2.24, 2.45) is 23.3 Å². The molecule has 14 N–H and O–H groups in total. The van der Waals surface area contributed by atoms with Gasteiger partial charge in [-0.05, 0) is 44.4 Å². The fourth-order valence-corrected chi connectivity index (χ4v) is 5.33. The monoisotopic (exact) mass is 730 g/mol. The van der Waals surface area contributed by atoms with Gasteiger partial charge in [0.1, 0.15) is 42.3 Å². The Morgan fingerprint density at radius 3 is 1.61 bits per heavy atom. The number of carboxylic acids is 1. The number of hydrogen-bond donors (Lipinski definition) is 12. The van der Waals surface area contributed by atoms with E-state index >= 15 is 0 Å². The minimum absolute atomic E-state index is 0.0640. The van der Waals surface area contributed by atoms with Crippen molar-refractivity contribution >= 4 is 47.3 Å². The fourth-order valence-electron chi connectivity index (χ4n) is 5.33. The van der Waals surface area contributed by atoms with Crippen LogP contribution in [-0.4, -0.2) is 130 Å². The van der Waals surface area contributed by atoms with Gasteiger partial charge >= 0.3 is 5.97 Å². The Morgan fingerprint density at radius 1 is 0.627 bits per heavy atom. The van der Waals surface area contributed by atoms with Gasteiger partial charge in [0.15, 0.2) is 0 Å². The van der Waals surface area contributed by atoms with Crippen LogP contribution in [-0.2, 0) is 38.4 Å². The number of carbonyl (C=O) groups excluding carboxylic acids is 7. The van der Waals surface area contributed by atoms with Crippen LogP contribution in [0.25, 0.3) is 0 Å². The van der Waals surface area contributed by atoms with Crippen molar-refractivity contribution in [3.05, 3.63) is 0 Å². The van der Waals surface area contributed by atoms with E-state index in [1.54, 1.807) is 13.8 Å². The second-order valence-corrected chi connectivity index (χ2v) is 13.0. The van der Waals surface area contributed by atoms with E-state index in [1.165, 1.54) is 6.92 Å². The number of amides is 7. The first-order valence-corrected chi connectivity index (χ1v) is 16.9. The molecule has 0 spiro atoms. The molecule has 7 amide bonds. The number of carbonyl (C=O) groups is 8. The molecule has 0 unspecified atom stereocenters. The number of rotatable bonds is 22. The Morgan fingerprint density at radius 2 is 1.12 bits per heavy atom. The number of aliphatic hydroxyl groups is 3. The Balaban J connectivity index is 3.19. The molecule has 1 aliphatic rings. The molecule has 0 aromatic rings. The van der Waals surface area contributed by atoms with Gasteiger partial charge in [0.25, 0.3) is 0 Å². The first-order chi connectivity index (χ1) is 23.9. The summed E-state index contributed by atoms with van der Waals surface area (Å²) in [7, 11) is 0. The van der Waals surface area contributed by atoms with Crippen LogP contribution >= 0.6 is 0 Å². The van der Waals surface area contributed by atoms with Crippen LogP contribution in [0.2, 0.25) is 0 Å². The summed E-state index contributed by atoms with van der Waals surface area (Å²) in [4.78, 5) is 101. The predicted octanol–water partition coefficient (Wildman–Crippen LogP) is -4.80. The van der Waals surface area contributed by atoms with Gasteiger partial charge < -0.3 is 63.8 Å². The molecule has 1 aliphatic carbocycles. The van der Waals surface area contributed by atoms with Gasteiger partial charge in [-0.3, -0.25) is 33.6 Å². The van der Waals surface area contributed by atoms with Crippen molar-refractivity contribution in [1.82, 2.24) is 31.9 Å². The number of nitrogens with one attached hydrogen (secondary N) is 6. The van der Waals surface area contributed by atoms with E-state index < -0.39 is 115 Å². The molecular formula is C31H54N8O12. The quantitative estimate of drug-likeness (QED) is 0.0498. The van der Waals surface area contributed by atoms with E-state index in [2.05, 4.69) is 31.9 Å². The number of nitrogens with two attached hydrogens (primary N) is 2. The molecule has 51 heavy (non-hydrogen) atoms. The lowest BCUT2D eigenvalue weighted by atomic mass is 9.83. The van der Waals surface area contributed by atoms with Crippen molar-refractivity contribution in [3.8, 4) is 0 Å². The van der Waals surface area contributed by atoms with E-state index in [-0.39, 0.29) is 25.2 Å². The Bertz CT molecular complexity index is 1230. The van der Waals surface area contributed by atoms with E-state index in [9.17, 15) is 53.7 Å². The zero-order valence-electron chi connectivity index (χ0n) is 29.2. The summed E-state index contributed by atoms with van der Waals surface area (Å²) in [6.07, 6.45) is 2.61. The molecular weight excluding hydrogens is 676 g/mol. The maximum absolute atomic E-state index is 13.8. The van der Waals surface area contributed by atoms with Gasteiger partial charge in [-0.15, -0.1) is 0 Å². The minimum Gasteiger partial charge on any atom is -0.480 e. The van der Waals surface area contributed by atoms with Crippen LogP contribution in [0.4, 0.5) is 0 Å². The van der Waals surface area contributed by atoms with E-state index in [1.807, 2.05) is 0 Å².